The molecule has 0 bridgehead atoms. The Balaban J connectivity index is 1.79. The molecule has 0 radical (unpaired) electrons. The van der Waals surface area contributed by atoms with Crippen molar-refractivity contribution in [1.29, 1.82) is 0 Å². The Labute approximate surface area is 161 Å². The third-order valence-corrected chi connectivity index (χ3v) is 5.71. The Morgan fingerprint density at radius 2 is 2.07 bits per heavy atom. The zero-order valence-electron chi connectivity index (χ0n) is 15.9. The number of likely N-dealkylation sites (N-methyl/N-ethyl adjacent to an activating group) is 1. The van der Waals surface area contributed by atoms with Gasteiger partial charge in [0, 0.05) is 20.0 Å². The zero-order valence-corrected chi connectivity index (χ0v) is 15.9. The third-order valence-electron chi connectivity index (χ3n) is 5.71. The standard InChI is InChI=1S/C22H29N3O2/c1-24-21(26)20(14-16-8-4-2-5-9-16)25-13-12-18(15-19(23)22(25)27)17-10-6-3-7-11-17/h2-10,17-20H,11-15,23H2,1H3,(H,24,26)/t17-,18?,19-,20-/m0/s1. The Hall–Kier alpha value is -2.40. The lowest BCUT2D eigenvalue weighted by atomic mass is 9.81. The van der Waals surface area contributed by atoms with E-state index in [0.717, 1.165) is 18.4 Å². The lowest BCUT2D eigenvalue weighted by molar-refractivity contribution is -0.140. The van der Waals surface area contributed by atoms with Crippen LogP contribution >= 0.6 is 0 Å². The number of likely N-dealkylation sites (tertiary alicyclic amines) is 1. The summed E-state index contributed by atoms with van der Waals surface area (Å²) in [6, 6.07) is 8.73. The van der Waals surface area contributed by atoms with Gasteiger partial charge in [-0.25, -0.2) is 0 Å². The molecule has 5 nitrogen and oxygen atoms in total. The Kier molecular flexibility index (Phi) is 6.45. The summed E-state index contributed by atoms with van der Waals surface area (Å²) in [5.74, 6) is 0.522. The molecule has 27 heavy (non-hydrogen) atoms. The number of nitrogens with zero attached hydrogens (tertiary/aromatic N) is 1. The molecule has 1 aliphatic carbocycles. The number of carbonyl (C=O) groups excluding carboxylic acids is 2. The van der Waals surface area contributed by atoms with Gasteiger partial charge in [0.1, 0.15) is 6.04 Å². The molecule has 4 atom stereocenters. The highest BCUT2D eigenvalue weighted by Gasteiger charge is 2.37. The smallest absolute Gasteiger partial charge is 0.242 e. The highest BCUT2D eigenvalue weighted by Crippen LogP contribution is 2.31. The van der Waals surface area contributed by atoms with Crippen molar-refractivity contribution >= 4 is 11.8 Å². The van der Waals surface area contributed by atoms with Crippen molar-refractivity contribution in [3.05, 3.63) is 60.2 Å². The van der Waals surface area contributed by atoms with Gasteiger partial charge in [-0.05, 0) is 36.7 Å². The number of rotatable bonds is 5. The second-order valence-electron chi connectivity index (χ2n) is 7.45. The first-order valence-electron chi connectivity index (χ1n) is 9.75. The van der Waals surface area contributed by atoms with Crippen molar-refractivity contribution in [1.82, 2.24) is 10.2 Å². The molecule has 0 spiro atoms. The molecular formula is C22H29N3O2. The summed E-state index contributed by atoms with van der Waals surface area (Å²) >= 11 is 0. The van der Waals surface area contributed by atoms with E-state index in [-0.39, 0.29) is 11.8 Å². The molecule has 1 aliphatic heterocycles. The van der Waals surface area contributed by atoms with Gasteiger partial charge in [-0.1, -0.05) is 54.6 Å². The van der Waals surface area contributed by atoms with Crippen molar-refractivity contribution < 1.29 is 9.59 Å². The Bertz CT molecular complexity index is 714. The predicted molar refractivity (Wildman–Crippen MR) is 107 cm³/mol. The zero-order chi connectivity index (χ0) is 19.2. The van der Waals surface area contributed by atoms with Crippen LogP contribution in [-0.2, 0) is 16.0 Å². The molecule has 1 fully saturated rings. The number of amides is 2. The second kappa shape index (κ2) is 9.00. The molecule has 5 heteroatoms. The Morgan fingerprint density at radius 3 is 2.74 bits per heavy atom. The van der Waals surface area contributed by atoms with Crippen LogP contribution in [0.15, 0.2) is 54.6 Å². The summed E-state index contributed by atoms with van der Waals surface area (Å²) in [7, 11) is 1.62. The highest BCUT2D eigenvalue weighted by molar-refractivity contribution is 5.90. The van der Waals surface area contributed by atoms with E-state index in [9.17, 15) is 9.59 Å². The van der Waals surface area contributed by atoms with Crippen molar-refractivity contribution in [2.45, 2.75) is 37.8 Å². The minimum absolute atomic E-state index is 0.114. The van der Waals surface area contributed by atoms with Gasteiger partial charge in [-0.15, -0.1) is 0 Å². The van der Waals surface area contributed by atoms with Gasteiger partial charge in [0.25, 0.3) is 0 Å². The van der Waals surface area contributed by atoms with E-state index in [4.69, 9.17) is 5.73 Å². The summed E-state index contributed by atoms with van der Waals surface area (Å²) in [5, 5.41) is 2.72. The van der Waals surface area contributed by atoms with E-state index in [1.54, 1.807) is 11.9 Å². The molecule has 0 aromatic heterocycles. The molecule has 1 aromatic rings. The summed E-state index contributed by atoms with van der Waals surface area (Å²) < 4.78 is 0. The lowest BCUT2D eigenvalue weighted by Crippen LogP contribution is -2.53. The van der Waals surface area contributed by atoms with Crippen molar-refractivity contribution in [3.63, 3.8) is 0 Å². The summed E-state index contributed by atoms with van der Waals surface area (Å²) in [4.78, 5) is 27.3. The van der Waals surface area contributed by atoms with Crippen LogP contribution in [0.25, 0.3) is 0 Å². The molecule has 1 unspecified atom stereocenters. The monoisotopic (exact) mass is 367 g/mol. The molecule has 2 aliphatic rings. The van der Waals surface area contributed by atoms with Gasteiger partial charge in [0.2, 0.25) is 11.8 Å². The quantitative estimate of drug-likeness (QED) is 0.836. The van der Waals surface area contributed by atoms with Gasteiger partial charge in [0.15, 0.2) is 0 Å². The topological polar surface area (TPSA) is 75.4 Å². The van der Waals surface area contributed by atoms with E-state index < -0.39 is 12.1 Å². The largest absolute Gasteiger partial charge is 0.357 e. The maximum absolute atomic E-state index is 13.0. The molecule has 3 rings (SSSR count). The van der Waals surface area contributed by atoms with E-state index in [1.165, 1.54) is 0 Å². The van der Waals surface area contributed by atoms with E-state index in [1.807, 2.05) is 30.3 Å². The first-order valence-corrected chi connectivity index (χ1v) is 9.75. The SMILES string of the molecule is CNC(=O)[C@H](Cc1ccccc1)N1CCC([C@H]2C=CC=CC2)C[C@H](N)C1=O. The van der Waals surface area contributed by atoms with Gasteiger partial charge in [-0.3, -0.25) is 9.59 Å². The van der Waals surface area contributed by atoms with Gasteiger partial charge < -0.3 is 16.0 Å². The molecule has 1 saturated heterocycles. The van der Waals surface area contributed by atoms with Crippen LogP contribution in [0.5, 0.6) is 0 Å². The predicted octanol–water partition coefficient (Wildman–Crippen LogP) is 2.04. The third kappa shape index (κ3) is 4.66. The van der Waals surface area contributed by atoms with Gasteiger partial charge >= 0.3 is 0 Å². The molecule has 1 aromatic carbocycles. The van der Waals surface area contributed by atoms with Gasteiger partial charge in [0.05, 0.1) is 6.04 Å². The fraction of sp³-hybridized carbons (Fsp3) is 0.455. The number of nitrogens with two attached hydrogens (primary N) is 1. The van der Waals surface area contributed by atoms with Crippen LogP contribution in [0.3, 0.4) is 0 Å². The number of hydrogen-bond donors (Lipinski definition) is 2. The Morgan fingerprint density at radius 1 is 1.30 bits per heavy atom. The second-order valence-corrected chi connectivity index (χ2v) is 7.45. The molecule has 144 valence electrons. The average molecular weight is 367 g/mol. The van der Waals surface area contributed by atoms with Crippen LogP contribution in [0.1, 0.15) is 24.8 Å². The fourth-order valence-electron chi connectivity index (χ4n) is 4.17. The molecular weight excluding hydrogens is 338 g/mol. The molecule has 0 saturated carbocycles. The average Bonchev–Trinajstić information content (AvgIpc) is 2.86. The molecule has 3 N–H and O–H groups in total. The number of allylic oxidation sites excluding steroid dienone is 4. The van der Waals surface area contributed by atoms with Crippen LogP contribution in [-0.4, -0.2) is 42.4 Å². The summed E-state index contributed by atoms with van der Waals surface area (Å²) in [6.07, 6.45) is 11.6. The van der Waals surface area contributed by atoms with Crippen LogP contribution in [0.4, 0.5) is 0 Å². The normalized spacial score (nSPS) is 26.5. The van der Waals surface area contributed by atoms with Gasteiger partial charge in [-0.2, -0.15) is 0 Å². The number of nitrogens with one attached hydrogen (secondary N) is 1. The van der Waals surface area contributed by atoms with Crippen LogP contribution in [0.2, 0.25) is 0 Å². The molecule has 1 heterocycles. The minimum Gasteiger partial charge on any atom is -0.357 e. The highest BCUT2D eigenvalue weighted by atomic mass is 16.2. The maximum atomic E-state index is 13.0. The minimum atomic E-state index is -0.556. The number of benzene rings is 1. The summed E-state index contributed by atoms with van der Waals surface area (Å²) in [5.41, 5.74) is 7.31. The number of carbonyl (C=O) groups is 2. The maximum Gasteiger partial charge on any atom is 0.242 e. The van der Waals surface area contributed by atoms with Crippen LogP contribution < -0.4 is 11.1 Å². The first-order chi connectivity index (χ1) is 13.1. The van der Waals surface area contributed by atoms with Crippen molar-refractivity contribution in [2.24, 2.45) is 17.6 Å². The van der Waals surface area contributed by atoms with Crippen molar-refractivity contribution in [2.75, 3.05) is 13.6 Å². The fourth-order valence-corrected chi connectivity index (χ4v) is 4.17. The van der Waals surface area contributed by atoms with Crippen molar-refractivity contribution in [3.8, 4) is 0 Å². The van der Waals surface area contributed by atoms with E-state index in [2.05, 4.69) is 29.6 Å². The first kappa shape index (κ1) is 19.4. The number of hydrogen-bond acceptors (Lipinski definition) is 3. The summed E-state index contributed by atoms with van der Waals surface area (Å²) in [6.45, 7) is 0.566. The van der Waals surface area contributed by atoms with Crippen LogP contribution in [0, 0.1) is 11.8 Å². The van der Waals surface area contributed by atoms with E-state index >= 15 is 0 Å². The van der Waals surface area contributed by atoms with E-state index in [0.29, 0.717) is 31.2 Å². The molecule has 2 amide bonds. The lowest BCUT2D eigenvalue weighted by Gasteiger charge is -2.31.